The average molecular weight is 659 g/mol. The van der Waals surface area contributed by atoms with Crippen molar-refractivity contribution in [2.24, 2.45) is 0 Å². The van der Waals surface area contributed by atoms with Crippen molar-refractivity contribution in [1.82, 2.24) is 28.2 Å². The van der Waals surface area contributed by atoms with Crippen LogP contribution in [0.25, 0.3) is 21.9 Å². The summed E-state index contributed by atoms with van der Waals surface area (Å²) in [5, 5.41) is 0.940. The van der Waals surface area contributed by atoms with Crippen molar-refractivity contribution in [2.75, 3.05) is 46.3 Å². The maximum absolute atomic E-state index is 14.6. The number of hydrogen-bond donors (Lipinski definition) is 0. The van der Waals surface area contributed by atoms with Crippen molar-refractivity contribution in [3.8, 4) is 0 Å². The Morgan fingerprint density at radius 2 is 1.59 bits per heavy atom. The SMILES string of the molecule is CN1CCN(C2CCN(C(=O)C(c3ccccc3)n3c(=O)n(S(=O)(=O)c4cccc5cccnc45)c4ccc(Cl)cc43)CC2)CC1. The lowest BCUT2D eigenvalue weighted by atomic mass is 9.99. The number of likely N-dealkylation sites (N-methyl/N-ethyl adjacent to an activating group) is 1. The predicted molar refractivity (Wildman–Crippen MR) is 179 cm³/mol. The molecule has 46 heavy (non-hydrogen) atoms. The number of rotatable bonds is 6. The zero-order valence-corrected chi connectivity index (χ0v) is 27.1. The minimum Gasteiger partial charge on any atom is -0.340 e. The van der Waals surface area contributed by atoms with Crippen molar-refractivity contribution in [3.63, 3.8) is 0 Å². The number of likely N-dealkylation sites (tertiary alicyclic amines) is 1. The van der Waals surface area contributed by atoms with Gasteiger partial charge in [-0.05, 0) is 55.8 Å². The summed E-state index contributed by atoms with van der Waals surface area (Å²) >= 11 is 6.45. The quantitative estimate of drug-likeness (QED) is 0.271. The monoisotopic (exact) mass is 658 g/mol. The smallest absolute Gasteiger partial charge is 0.340 e. The molecule has 0 bridgehead atoms. The van der Waals surface area contributed by atoms with E-state index in [0.29, 0.717) is 35.1 Å². The lowest BCUT2D eigenvalue weighted by Gasteiger charge is -2.42. The normalized spacial score (nSPS) is 17.9. The van der Waals surface area contributed by atoms with Gasteiger partial charge in [-0.2, -0.15) is 3.97 Å². The Balaban J connectivity index is 1.33. The third-order valence-corrected chi connectivity index (χ3v) is 11.3. The minimum absolute atomic E-state index is 0.102. The number of hydrogen-bond acceptors (Lipinski definition) is 7. The number of nitrogens with zero attached hydrogens (tertiary/aromatic N) is 6. The topological polar surface area (TPSA) is 101 Å². The largest absolute Gasteiger partial charge is 0.344 e. The van der Waals surface area contributed by atoms with Gasteiger partial charge < -0.3 is 9.80 Å². The van der Waals surface area contributed by atoms with Crippen LogP contribution in [0.2, 0.25) is 5.02 Å². The highest BCUT2D eigenvalue weighted by Crippen LogP contribution is 2.31. The molecule has 2 aliphatic rings. The standard InChI is InChI=1S/C34H35ClN6O4S/c1-37-19-21-38(22-20-37)27-14-17-39(18-15-27)33(42)32(25-7-3-2-4-8-25)40-29-23-26(35)12-13-28(29)41(34(40)43)46(44,45)30-11-5-9-24-10-6-16-36-31(24)30/h2-13,16,23,27,32H,14-15,17-22H2,1H3. The molecule has 4 heterocycles. The van der Waals surface area contributed by atoms with Gasteiger partial charge in [-0.3, -0.25) is 19.2 Å². The van der Waals surface area contributed by atoms with Gasteiger partial charge in [0.25, 0.3) is 10.0 Å². The fourth-order valence-corrected chi connectivity index (χ4v) is 8.61. The molecule has 1 atom stereocenters. The van der Waals surface area contributed by atoms with Crippen LogP contribution < -0.4 is 5.69 Å². The number of carbonyl (C=O) groups is 1. The second-order valence-corrected chi connectivity index (χ2v) is 14.3. The molecule has 2 aromatic heterocycles. The highest BCUT2D eigenvalue weighted by molar-refractivity contribution is 7.90. The minimum atomic E-state index is -4.46. The Morgan fingerprint density at radius 3 is 2.33 bits per heavy atom. The number of pyridine rings is 1. The van der Waals surface area contributed by atoms with Crippen LogP contribution in [0.4, 0.5) is 0 Å². The zero-order chi connectivity index (χ0) is 32.0. The first-order valence-corrected chi connectivity index (χ1v) is 17.3. The first kappa shape index (κ1) is 30.6. The van der Waals surface area contributed by atoms with Crippen LogP contribution in [0.3, 0.4) is 0 Å². The maximum atomic E-state index is 14.6. The van der Waals surface area contributed by atoms with Gasteiger partial charge in [0.1, 0.15) is 10.9 Å². The number of para-hydroxylation sites is 1. The van der Waals surface area contributed by atoms with Crippen molar-refractivity contribution in [3.05, 3.63) is 106 Å². The molecule has 12 heteroatoms. The van der Waals surface area contributed by atoms with E-state index >= 15 is 0 Å². The van der Waals surface area contributed by atoms with Crippen LogP contribution in [0.5, 0.6) is 0 Å². The first-order chi connectivity index (χ1) is 22.2. The van der Waals surface area contributed by atoms with E-state index < -0.39 is 21.8 Å². The Labute approximate surface area is 272 Å². The highest BCUT2D eigenvalue weighted by atomic mass is 35.5. The molecule has 1 amide bonds. The number of carbonyl (C=O) groups excluding carboxylic acids is 1. The second-order valence-electron chi connectivity index (χ2n) is 12.1. The Hall–Kier alpha value is -4.03. The molecule has 0 spiro atoms. The zero-order valence-electron chi connectivity index (χ0n) is 25.5. The number of fused-ring (bicyclic) bond motifs is 2. The molecule has 5 aromatic rings. The Kier molecular flexibility index (Phi) is 8.18. The second kappa shape index (κ2) is 12.3. The van der Waals surface area contributed by atoms with E-state index in [1.807, 2.05) is 23.1 Å². The molecule has 2 saturated heterocycles. The third-order valence-electron chi connectivity index (χ3n) is 9.35. The van der Waals surface area contributed by atoms with Gasteiger partial charge in [-0.15, -0.1) is 0 Å². The summed E-state index contributed by atoms with van der Waals surface area (Å²) in [4.78, 5) is 40.0. The van der Waals surface area contributed by atoms with Gasteiger partial charge in [0.2, 0.25) is 5.91 Å². The molecule has 3 aromatic carbocycles. The Morgan fingerprint density at radius 1 is 0.870 bits per heavy atom. The average Bonchev–Trinajstić information content (AvgIpc) is 3.36. The van der Waals surface area contributed by atoms with Crippen LogP contribution in [0, 0.1) is 0 Å². The molecule has 1 unspecified atom stereocenters. The molecule has 2 fully saturated rings. The molecular weight excluding hydrogens is 624 g/mol. The number of aromatic nitrogens is 3. The van der Waals surface area contributed by atoms with Gasteiger partial charge in [0, 0.05) is 61.9 Å². The fourth-order valence-electron chi connectivity index (χ4n) is 6.88. The number of imidazole rings is 1. The predicted octanol–water partition coefficient (Wildman–Crippen LogP) is 4.07. The Bertz CT molecular complexity index is 2080. The number of amides is 1. The molecule has 0 aliphatic carbocycles. The van der Waals surface area contributed by atoms with Crippen molar-refractivity contribution in [1.29, 1.82) is 0 Å². The number of piperidine rings is 1. The summed E-state index contributed by atoms with van der Waals surface area (Å²) in [6.45, 7) is 5.18. The fraction of sp³-hybridized carbons (Fsp3) is 0.324. The van der Waals surface area contributed by atoms with Gasteiger partial charge in [-0.1, -0.05) is 60.1 Å². The van der Waals surface area contributed by atoms with E-state index in [9.17, 15) is 18.0 Å². The van der Waals surface area contributed by atoms with E-state index in [-0.39, 0.29) is 27.4 Å². The van der Waals surface area contributed by atoms with Crippen LogP contribution >= 0.6 is 11.6 Å². The molecule has 0 saturated carbocycles. The highest BCUT2D eigenvalue weighted by Gasteiger charge is 2.37. The van der Waals surface area contributed by atoms with Crippen LogP contribution in [0.1, 0.15) is 24.4 Å². The molecule has 2 aliphatic heterocycles. The van der Waals surface area contributed by atoms with Gasteiger partial charge in [0.15, 0.2) is 0 Å². The maximum Gasteiger partial charge on any atom is 0.344 e. The number of halogens is 1. The van der Waals surface area contributed by atoms with E-state index in [0.717, 1.165) is 43.0 Å². The van der Waals surface area contributed by atoms with Gasteiger partial charge in [0.05, 0.1) is 16.6 Å². The summed E-state index contributed by atoms with van der Waals surface area (Å²) in [7, 11) is -2.32. The van der Waals surface area contributed by atoms with Crippen LogP contribution in [-0.4, -0.2) is 94.9 Å². The van der Waals surface area contributed by atoms with Crippen molar-refractivity contribution in [2.45, 2.75) is 29.8 Å². The first-order valence-electron chi connectivity index (χ1n) is 15.5. The molecule has 0 radical (unpaired) electrons. The van der Waals surface area contributed by atoms with E-state index in [1.165, 1.54) is 22.9 Å². The number of piperazine rings is 1. The van der Waals surface area contributed by atoms with E-state index in [4.69, 9.17) is 11.6 Å². The van der Waals surface area contributed by atoms with Gasteiger partial charge >= 0.3 is 5.69 Å². The van der Waals surface area contributed by atoms with Crippen molar-refractivity contribution >= 4 is 49.5 Å². The molecule has 0 N–H and O–H groups in total. The summed E-state index contributed by atoms with van der Waals surface area (Å²) in [5.41, 5.74) is 0.373. The summed E-state index contributed by atoms with van der Waals surface area (Å²) < 4.78 is 30.9. The van der Waals surface area contributed by atoms with E-state index in [2.05, 4.69) is 21.8 Å². The summed E-state index contributed by atoms with van der Waals surface area (Å²) in [6.07, 6.45) is 3.19. The molecular formula is C34H35ClN6O4S. The molecule has 7 rings (SSSR count). The summed E-state index contributed by atoms with van der Waals surface area (Å²) in [6, 6.07) is 21.3. The number of benzene rings is 3. The lowest BCUT2D eigenvalue weighted by Crippen LogP contribution is -2.53. The lowest BCUT2D eigenvalue weighted by molar-refractivity contribution is -0.135. The van der Waals surface area contributed by atoms with Crippen LogP contribution in [0.15, 0.2) is 94.7 Å². The van der Waals surface area contributed by atoms with Gasteiger partial charge in [-0.25, -0.2) is 13.2 Å². The summed E-state index contributed by atoms with van der Waals surface area (Å²) in [5.74, 6) is -0.256. The molecule has 10 nitrogen and oxygen atoms in total. The van der Waals surface area contributed by atoms with Crippen molar-refractivity contribution < 1.29 is 13.2 Å². The molecule has 238 valence electrons. The van der Waals surface area contributed by atoms with Crippen LogP contribution in [-0.2, 0) is 14.8 Å². The third kappa shape index (κ3) is 5.41. The van der Waals surface area contributed by atoms with E-state index in [1.54, 1.807) is 48.5 Å².